The smallest absolute Gasteiger partial charge is 0.261 e. The van der Waals surface area contributed by atoms with Crippen molar-refractivity contribution in [1.82, 2.24) is 14.9 Å². The number of thiophene rings is 1. The molecule has 1 atom stereocenters. The van der Waals surface area contributed by atoms with Gasteiger partial charge in [-0.2, -0.15) is 0 Å². The van der Waals surface area contributed by atoms with Gasteiger partial charge in [0, 0.05) is 25.2 Å². The summed E-state index contributed by atoms with van der Waals surface area (Å²) >= 11 is 7.15. The molecule has 1 N–H and O–H groups in total. The number of amides is 1. The molecule has 100 valence electrons. The van der Waals surface area contributed by atoms with Gasteiger partial charge in [0.1, 0.15) is 5.82 Å². The number of fused-ring (bicyclic) bond motifs is 1. The highest BCUT2D eigenvalue weighted by molar-refractivity contribution is 7.17. The molecule has 2 aromatic rings. The van der Waals surface area contributed by atoms with Gasteiger partial charge >= 0.3 is 0 Å². The Morgan fingerprint density at radius 2 is 2.42 bits per heavy atom. The molecule has 1 aliphatic rings. The van der Waals surface area contributed by atoms with E-state index in [1.54, 1.807) is 12.1 Å². The summed E-state index contributed by atoms with van der Waals surface area (Å²) in [4.78, 5) is 17.2. The monoisotopic (exact) mass is 295 g/mol. The van der Waals surface area contributed by atoms with Crippen LogP contribution in [0.25, 0.3) is 0 Å². The lowest BCUT2D eigenvalue weighted by Gasteiger charge is -2.24. The van der Waals surface area contributed by atoms with Gasteiger partial charge in [-0.15, -0.1) is 11.3 Å². The van der Waals surface area contributed by atoms with Crippen LogP contribution in [0.4, 0.5) is 0 Å². The summed E-state index contributed by atoms with van der Waals surface area (Å²) in [6.45, 7) is 2.79. The molecular weight excluding hydrogens is 282 g/mol. The predicted molar refractivity (Wildman–Crippen MR) is 75.9 cm³/mol. The SMILES string of the molecule is Cc1cn2c(n1)CCC(NC(=O)c1ccc(Cl)s1)C2. The number of nitrogens with one attached hydrogen (secondary N) is 1. The summed E-state index contributed by atoms with van der Waals surface area (Å²) in [6.07, 6.45) is 3.88. The van der Waals surface area contributed by atoms with Gasteiger partial charge in [-0.1, -0.05) is 11.6 Å². The minimum atomic E-state index is -0.0396. The molecule has 0 aliphatic carbocycles. The van der Waals surface area contributed by atoms with Crippen LogP contribution in [0.3, 0.4) is 0 Å². The first-order chi connectivity index (χ1) is 9.11. The van der Waals surface area contributed by atoms with Crippen molar-refractivity contribution in [2.45, 2.75) is 32.4 Å². The predicted octanol–water partition coefficient (Wildman–Crippen LogP) is 2.65. The van der Waals surface area contributed by atoms with Gasteiger partial charge in [0.25, 0.3) is 5.91 Å². The average Bonchev–Trinajstić information content (AvgIpc) is 2.93. The molecule has 0 fully saturated rings. The molecule has 6 heteroatoms. The Morgan fingerprint density at radius 1 is 1.58 bits per heavy atom. The van der Waals surface area contributed by atoms with Crippen molar-refractivity contribution < 1.29 is 4.79 Å². The Bertz CT molecular complexity index is 619. The fourth-order valence-corrected chi connectivity index (χ4v) is 3.34. The second-order valence-electron chi connectivity index (χ2n) is 4.76. The van der Waals surface area contributed by atoms with Gasteiger partial charge in [0.2, 0.25) is 0 Å². The normalized spacial score (nSPS) is 18.1. The second-order valence-corrected chi connectivity index (χ2v) is 6.48. The summed E-state index contributed by atoms with van der Waals surface area (Å²) < 4.78 is 2.77. The van der Waals surface area contributed by atoms with Crippen LogP contribution in [0.5, 0.6) is 0 Å². The summed E-state index contributed by atoms with van der Waals surface area (Å²) in [6, 6.07) is 3.67. The number of nitrogens with zero attached hydrogens (tertiary/aromatic N) is 2. The fraction of sp³-hybridized carbons (Fsp3) is 0.385. The molecule has 0 aromatic carbocycles. The summed E-state index contributed by atoms with van der Waals surface area (Å²) in [5.41, 5.74) is 1.03. The lowest BCUT2D eigenvalue weighted by atomic mass is 10.1. The van der Waals surface area contributed by atoms with Gasteiger partial charge in [0.15, 0.2) is 0 Å². The fourth-order valence-electron chi connectivity index (χ4n) is 2.40. The van der Waals surface area contributed by atoms with Crippen LogP contribution in [0.1, 0.15) is 27.6 Å². The molecule has 0 saturated heterocycles. The number of aryl methyl sites for hydroxylation is 2. The maximum absolute atomic E-state index is 12.1. The molecule has 1 amide bonds. The van der Waals surface area contributed by atoms with E-state index in [9.17, 15) is 4.79 Å². The van der Waals surface area contributed by atoms with Gasteiger partial charge in [-0.3, -0.25) is 4.79 Å². The van der Waals surface area contributed by atoms with E-state index in [0.29, 0.717) is 9.21 Å². The van der Waals surface area contributed by atoms with Crippen molar-refractivity contribution in [2.24, 2.45) is 0 Å². The minimum Gasteiger partial charge on any atom is -0.347 e. The highest BCUT2D eigenvalue weighted by Crippen LogP contribution is 2.22. The quantitative estimate of drug-likeness (QED) is 0.926. The summed E-state index contributed by atoms with van der Waals surface area (Å²) in [5, 5.41) is 3.06. The van der Waals surface area contributed by atoms with E-state index < -0.39 is 0 Å². The Kier molecular flexibility index (Phi) is 3.33. The van der Waals surface area contributed by atoms with Crippen LogP contribution >= 0.6 is 22.9 Å². The van der Waals surface area contributed by atoms with E-state index in [1.165, 1.54) is 11.3 Å². The zero-order valence-corrected chi connectivity index (χ0v) is 12.1. The maximum atomic E-state index is 12.1. The average molecular weight is 296 g/mol. The van der Waals surface area contributed by atoms with Gasteiger partial charge in [-0.25, -0.2) is 4.98 Å². The Hall–Kier alpha value is -1.33. The zero-order chi connectivity index (χ0) is 13.4. The molecule has 0 radical (unpaired) electrons. The first-order valence-electron chi connectivity index (χ1n) is 6.20. The molecule has 2 aromatic heterocycles. The van der Waals surface area contributed by atoms with Crippen LogP contribution in [0.2, 0.25) is 4.34 Å². The number of halogens is 1. The molecule has 3 heterocycles. The Balaban J connectivity index is 1.67. The number of rotatable bonds is 2. The van der Waals surface area contributed by atoms with E-state index >= 15 is 0 Å². The molecule has 0 bridgehead atoms. The zero-order valence-electron chi connectivity index (χ0n) is 10.5. The molecule has 0 spiro atoms. The molecule has 3 rings (SSSR count). The third kappa shape index (κ3) is 2.67. The van der Waals surface area contributed by atoms with Crippen molar-refractivity contribution in [3.63, 3.8) is 0 Å². The lowest BCUT2D eigenvalue weighted by Crippen LogP contribution is -2.40. The third-order valence-electron chi connectivity index (χ3n) is 3.25. The van der Waals surface area contributed by atoms with Crippen molar-refractivity contribution in [2.75, 3.05) is 0 Å². The standard InChI is InChI=1S/C13H14ClN3OS/c1-8-6-17-7-9(2-5-12(17)15-8)16-13(18)10-3-4-11(14)19-10/h3-4,6,9H,2,5,7H2,1H3,(H,16,18). The number of hydrogen-bond donors (Lipinski definition) is 1. The number of carbonyl (C=O) groups is 1. The molecule has 0 saturated carbocycles. The second kappa shape index (κ2) is 4.98. The van der Waals surface area contributed by atoms with E-state index in [-0.39, 0.29) is 11.9 Å². The third-order valence-corrected chi connectivity index (χ3v) is 4.48. The van der Waals surface area contributed by atoms with Crippen molar-refractivity contribution in [1.29, 1.82) is 0 Å². The van der Waals surface area contributed by atoms with E-state index in [1.807, 2.05) is 13.1 Å². The number of carbonyl (C=O) groups excluding carboxylic acids is 1. The van der Waals surface area contributed by atoms with Crippen LogP contribution < -0.4 is 5.32 Å². The highest BCUT2D eigenvalue weighted by atomic mass is 35.5. The van der Waals surface area contributed by atoms with Crippen LogP contribution in [0, 0.1) is 6.92 Å². The first-order valence-corrected chi connectivity index (χ1v) is 7.40. The van der Waals surface area contributed by atoms with Gasteiger partial charge in [0.05, 0.1) is 14.9 Å². The molecule has 1 unspecified atom stereocenters. The van der Waals surface area contributed by atoms with Crippen molar-refractivity contribution >= 4 is 28.8 Å². The molecule has 4 nitrogen and oxygen atoms in total. The minimum absolute atomic E-state index is 0.0396. The van der Waals surface area contributed by atoms with Crippen molar-refractivity contribution in [3.8, 4) is 0 Å². The summed E-state index contributed by atoms with van der Waals surface area (Å²) in [7, 11) is 0. The Morgan fingerprint density at radius 3 is 3.16 bits per heavy atom. The van der Waals surface area contributed by atoms with Gasteiger partial charge in [-0.05, 0) is 25.5 Å². The highest BCUT2D eigenvalue weighted by Gasteiger charge is 2.22. The summed E-state index contributed by atoms with van der Waals surface area (Å²) in [5.74, 6) is 1.07. The molecule has 1 aliphatic heterocycles. The van der Waals surface area contributed by atoms with Crippen molar-refractivity contribution in [3.05, 3.63) is 39.1 Å². The topological polar surface area (TPSA) is 46.9 Å². The number of hydrogen-bond acceptors (Lipinski definition) is 3. The molecular formula is C13H14ClN3OS. The van der Waals surface area contributed by atoms with Crippen LogP contribution in [0.15, 0.2) is 18.3 Å². The molecule has 19 heavy (non-hydrogen) atoms. The number of aromatic nitrogens is 2. The van der Waals surface area contributed by atoms with Crippen LogP contribution in [-0.4, -0.2) is 21.5 Å². The van der Waals surface area contributed by atoms with E-state index in [4.69, 9.17) is 11.6 Å². The Labute approximate surface area is 120 Å². The van der Waals surface area contributed by atoms with Gasteiger partial charge < -0.3 is 9.88 Å². The van der Waals surface area contributed by atoms with E-state index in [0.717, 1.165) is 30.9 Å². The van der Waals surface area contributed by atoms with Crippen LogP contribution in [-0.2, 0) is 13.0 Å². The lowest BCUT2D eigenvalue weighted by molar-refractivity contribution is 0.0931. The largest absolute Gasteiger partial charge is 0.347 e. The first kappa shape index (κ1) is 12.7. The maximum Gasteiger partial charge on any atom is 0.261 e. The van der Waals surface area contributed by atoms with E-state index in [2.05, 4.69) is 14.9 Å². The number of imidazole rings is 1.